The van der Waals surface area contributed by atoms with Crippen LogP contribution in [0, 0.1) is 0 Å². The van der Waals surface area contributed by atoms with Crippen LogP contribution in [-0.4, -0.2) is 17.4 Å². The van der Waals surface area contributed by atoms with Gasteiger partial charge < -0.3 is 16.8 Å². The van der Waals surface area contributed by atoms with Gasteiger partial charge in [0.15, 0.2) is 0 Å². The van der Waals surface area contributed by atoms with Crippen molar-refractivity contribution < 1.29 is 4.79 Å². The molecule has 1 amide bonds. The second-order valence-electron chi connectivity index (χ2n) is 5.07. The predicted octanol–water partition coefficient (Wildman–Crippen LogP) is 2.68. The highest BCUT2D eigenvalue weighted by Gasteiger charge is 2.02. The Kier molecular flexibility index (Phi) is 8.38. The first-order valence-electron chi connectivity index (χ1n) is 7.43. The Balaban J connectivity index is 2.03. The number of hydrogen-bond acceptors (Lipinski definition) is 4. The van der Waals surface area contributed by atoms with Crippen molar-refractivity contribution in [3.8, 4) is 0 Å². The van der Waals surface area contributed by atoms with E-state index in [0.29, 0.717) is 17.8 Å². The number of nitrogens with zero attached hydrogens (tertiary/aromatic N) is 1. The molecule has 0 radical (unpaired) electrons. The van der Waals surface area contributed by atoms with Crippen molar-refractivity contribution in [2.24, 2.45) is 5.73 Å². The molecule has 0 atom stereocenters. The maximum Gasteiger partial charge on any atom is 0.224 e. The van der Waals surface area contributed by atoms with E-state index in [1.165, 1.54) is 25.7 Å². The Morgan fingerprint density at radius 3 is 2.35 bits per heavy atom. The fourth-order valence-electron chi connectivity index (χ4n) is 2.06. The zero-order chi connectivity index (χ0) is 14.6. The molecule has 0 unspecified atom stereocenters. The number of nitrogens with two attached hydrogens (primary N) is 2. The van der Waals surface area contributed by atoms with Gasteiger partial charge in [0.25, 0.3) is 0 Å². The Labute approximate surface area is 121 Å². The van der Waals surface area contributed by atoms with E-state index < -0.39 is 0 Å². The quantitative estimate of drug-likeness (QED) is 0.573. The molecule has 112 valence electrons. The minimum absolute atomic E-state index is 0.0283. The SMILES string of the molecule is NCCCCCCCCCC(=O)Nc1cncc(N)c1. The zero-order valence-corrected chi connectivity index (χ0v) is 12.1. The summed E-state index contributed by atoms with van der Waals surface area (Å²) in [6.07, 6.45) is 11.8. The molecule has 1 heterocycles. The molecule has 0 spiro atoms. The summed E-state index contributed by atoms with van der Waals surface area (Å²) in [4.78, 5) is 15.6. The lowest BCUT2D eigenvalue weighted by Gasteiger charge is -2.05. The molecular formula is C15H26N4O. The van der Waals surface area contributed by atoms with Gasteiger partial charge in [-0.05, 0) is 25.5 Å². The van der Waals surface area contributed by atoms with Crippen molar-refractivity contribution >= 4 is 17.3 Å². The van der Waals surface area contributed by atoms with Gasteiger partial charge in [-0.15, -0.1) is 0 Å². The van der Waals surface area contributed by atoms with Crippen LogP contribution in [-0.2, 0) is 4.79 Å². The molecule has 0 bridgehead atoms. The van der Waals surface area contributed by atoms with Crippen LogP contribution in [0.4, 0.5) is 11.4 Å². The monoisotopic (exact) mass is 278 g/mol. The second kappa shape index (κ2) is 10.2. The maximum atomic E-state index is 11.7. The molecule has 1 aromatic heterocycles. The van der Waals surface area contributed by atoms with Crippen molar-refractivity contribution in [2.75, 3.05) is 17.6 Å². The van der Waals surface area contributed by atoms with Crippen LogP contribution < -0.4 is 16.8 Å². The summed E-state index contributed by atoms with van der Waals surface area (Å²) in [6, 6.07) is 1.71. The summed E-state index contributed by atoms with van der Waals surface area (Å²) in [5.74, 6) is 0.0283. The molecule has 0 saturated heterocycles. The van der Waals surface area contributed by atoms with Crippen molar-refractivity contribution in [3.63, 3.8) is 0 Å². The average molecular weight is 278 g/mol. The molecule has 0 aliphatic rings. The minimum atomic E-state index is 0.0283. The van der Waals surface area contributed by atoms with Crippen molar-refractivity contribution in [2.45, 2.75) is 51.4 Å². The molecule has 0 saturated carbocycles. The lowest BCUT2D eigenvalue weighted by Crippen LogP contribution is -2.11. The van der Waals surface area contributed by atoms with E-state index in [0.717, 1.165) is 25.8 Å². The Bertz CT molecular complexity index is 395. The minimum Gasteiger partial charge on any atom is -0.397 e. The fourth-order valence-corrected chi connectivity index (χ4v) is 2.06. The highest BCUT2D eigenvalue weighted by molar-refractivity contribution is 5.90. The number of nitrogens with one attached hydrogen (secondary N) is 1. The molecule has 5 heteroatoms. The average Bonchev–Trinajstić information content (AvgIpc) is 2.42. The number of unbranched alkanes of at least 4 members (excludes halogenated alkanes) is 6. The van der Waals surface area contributed by atoms with Gasteiger partial charge in [0.1, 0.15) is 0 Å². The summed E-state index contributed by atoms with van der Waals surface area (Å²) in [7, 11) is 0. The first kappa shape index (κ1) is 16.4. The van der Waals surface area contributed by atoms with Crippen molar-refractivity contribution in [3.05, 3.63) is 18.5 Å². The second-order valence-corrected chi connectivity index (χ2v) is 5.07. The highest BCUT2D eigenvalue weighted by Crippen LogP contribution is 2.12. The third-order valence-corrected chi connectivity index (χ3v) is 3.15. The Morgan fingerprint density at radius 1 is 1.05 bits per heavy atom. The smallest absolute Gasteiger partial charge is 0.224 e. The number of anilines is 2. The van der Waals surface area contributed by atoms with Gasteiger partial charge in [0, 0.05) is 12.6 Å². The highest BCUT2D eigenvalue weighted by atomic mass is 16.1. The van der Waals surface area contributed by atoms with Gasteiger partial charge in [0.05, 0.1) is 17.6 Å². The number of carbonyl (C=O) groups is 1. The lowest BCUT2D eigenvalue weighted by molar-refractivity contribution is -0.116. The molecule has 5 N–H and O–H groups in total. The first-order chi connectivity index (χ1) is 9.72. The van der Waals surface area contributed by atoms with Crippen LogP contribution in [0.15, 0.2) is 18.5 Å². The van der Waals surface area contributed by atoms with E-state index in [4.69, 9.17) is 11.5 Å². The number of nitrogen functional groups attached to an aromatic ring is 1. The van der Waals surface area contributed by atoms with Crippen LogP contribution >= 0.6 is 0 Å². The van der Waals surface area contributed by atoms with E-state index in [1.807, 2.05) is 0 Å². The lowest BCUT2D eigenvalue weighted by atomic mass is 10.1. The van der Waals surface area contributed by atoms with Crippen LogP contribution in [0.5, 0.6) is 0 Å². The van der Waals surface area contributed by atoms with Gasteiger partial charge in [0.2, 0.25) is 5.91 Å². The van der Waals surface area contributed by atoms with Crippen molar-refractivity contribution in [1.82, 2.24) is 4.98 Å². The number of pyridine rings is 1. The molecule has 0 aliphatic heterocycles. The summed E-state index contributed by atoms with van der Waals surface area (Å²) >= 11 is 0. The zero-order valence-electron chi connectivity index (χ0n) is 12.1. The fraction of sp³-hybridized carbons (Fsp3) is 0.600. The van der Waals surface area contributed by atoms with E-state index in [1.54, 1.807) is 18.5 Å². The van der Waals surface area contributed by atoms with Crippen LogP contribution in [0.1, 0.15) is 51.4 Å². The molecule has 0 aliphatic carbocycles. The molecule has 1 aromatic rings. The van der Waals surface area contributed by atoms with E-state index >= 15 is 0 Å². The Hall–Kier alpha value is -1.62. The van der Waals surface area contributed by atoms with Crippen LogP contribution in [0.3, 0.4) is 0 Å². The molecule has 5 nitrogen and oxygen atoms in total. The van der Waals surface area contributed by atoms with Gasteiger partial charge >= 0.3 is 0 Å². The first-order valence-corrected chi connectivity index (χ1v) is 7.43. The molecular weight excluding hydrogens is 252 g/mol. The molecule has 0 fully saturated rings. The van der Waals surface area contributed by atoms with Crippen molar-refractivity contribution in [1.29, 1.82) is 0 Å². The van der Waals surface area contributed by atoms with Gasteiger partial charge in [-0.3, -0.25) is 9.78 Å². The summed E-state index contributed by atoms with van der Waals surface area (Å²) in [5, 5.41) is 2.81. The Morgan fingerprint density at radius 2 is 1.70 bits per heavy atom. The summed E-state index contributed by atoms with van der Waals surface area (Å²) < 4.78 is 0. The van der Waals surface area contributed by atoms with Gasteiger partial charge in [-0.1, -0.05) is 32.1 Å². The normalized spacial score (nSPS) is 10.4. The number of aromatic nitrogens is 1. The standard InChI is InChI=1S/C15H26N4O/c16-9-7-5-3-1-2-4-6-8-15(20)19-14-10-13(17)11-18-12-14/h10-12H,1-9,16-17H2,(H,19,20). The third kappa shape index (κ3) is 7.74. The molecule has 1 rings (SSSR count). The number of hydrogen-bond donors (Lipinski definition) is 3. The molecule has 20 heavy (non-hydrogen) atoms. The van der Waals surface area contributed by atoms with Gasteiger partial charge in [-0.2, -0.15) is 0 Å². The third-order valence-electron chi connectivity index (χ3n) is 3.15. The van der Waals surface area contributed by atoms with Crippen LogP contribution in [0.2, 0.25) is 0 Å². The van der Waals surface area contributed by atoms with Crippen LogP contribution in [0.25, 0.3) is 0 Å². The number of carbonyl (C=O) groups excluding carboxylic acids is 1. The number of rotatable bonds is 10. The maximum absolute atomic E-state index is 11.7. The van der Waals surface area contributed by atoms with Gasteiger partial charge in [-0.25, -0.2) is 0 Å². The van der Waals surface area contributed by atoms with E-state index in [2.05, 4.69) is 10.3 Å². The number of amides is 1. The largest absolute Gasteiger partial charge is 0.397 e. The summed E-state index contributed by atoms with van der Waals surface area (Å²) in [5.41, 5.74) is 12.3. The van der Waals surface area contributed by atoms with E-state index in [-0.39, 0.29) is 5.91 Å². The van der Waals surface area contributed by atoms with E-state index in [9.17, 15) is 4.79 Å². The topological polar surface area (TPSA) is 94.0 Å². The molecule has 0 aromatic carbocycles. The predicted molar refractivity (Wildman–Crippen MR) is 83.3 cm³/mol. The summed E-state index contributed by atoms with van der Waals surface area (Å²) in [6.45, 7) is 0.791.